The minimum absolute atomic E-state index is 0.0682. The molecule has 2 N–H and O–H groups in total. The molecule has 2 atom stereocenters. The van der Waals surface area contributed by atoms with Crippen molar-refractivity contribution in [2.75, 3.05) is 12.3 Å². The first-order valence-electron chi connectivity index (χ1n) is 9.14. The maximum absolute atomic E-state index is 13.0. The van der Waals surface area contributed by atoms with Crippen molar-refractivity contribution in [3.63, 3.8) is 0 Å². The highest BCUT2D eigenvalue weighted by Crippen LogP contribution is 2.26. The van der Waals surface area contributed by atoms with E-state index in [2.05, 4.69) is 4.98 Å². The van der Waals surface area contributed by atoms with E-state index < -0.39 is 12.1 Å². The lowest BCUT2D eigenvalue weighted by Gasteiger charge is -2.22. The average molecular weight is 437 g/mol. The van der Waals surface area contributed by atoms with Gasteiger partial charge in [-0.25, -0.2) is 14.2 Å². The number of carbonyl (C=O) groups is 2. The van der Waals surface area contributed by atoms with E-state index in [0.717, 1.165) is 16.9 Å². The summed E-state index contributed by atoms with van der Waals surface area (Å²) in [5, 5.41) is 19.2. The van der Waals surface area contributed by atoms with Crippen molar-refractivity contribution in [2.45, 2.75) is 35.7 Å². The Morgan fingerprint density at radius 2 is 2.17 bits per heavy atom. The van der Waals surface area contributed by atoms with E-state index in [1.807, 2.05) is 6.08 Å². The third-order valence-electron chi connectivity index (χ3n) is 4.54. The maximum atomic E-state index is 13.0. The number of carboxylic acids is 1. The Morgan fingerprint density at radius 3 is 2.86 bits per heavy atom. The van der Waals surface area contributed by atoms with E-state index in [-0.39, 0.29) is 22.6 Å². The van der Waals surface area contributed by atoms with Crippen LogP contribution in [0.25, 0.3) is 0 Å². The summed E-state index contributed by atoms with van der Waals surface area (Å²) in [6.07, 6.45) is 5.71. The molecule has 1 aliphatic rings. The molecule has 1 aromatic heterocycles. The molecule has 0 spiro atoms. The monoisotopic (exact) mass is 436 g/mol. The Balaban J connectivity index is 1.50. The molecule has 154 valence electrons. The lowest BCUT2D eigenvalue weighted by Crippen LogP contribution is -2.33. The van der Waals surface area contributed by atoms with E-state index in [9.17, 15) is 19.1 Å². The minimum Gasteiger partial charge on any atom is -0.477 e. The Labute approximate surface area is 176 Å². The van der Waals surface area contributed by atoms with Gasteiger partial charge in [0.2, 0.25) is 5.91 Å². The van der Waals surface area contributed by atoms with Gasteiger partial charge in [-0.05, 0) is 24.1 Å². The van der Waals surface area contributed by atoms with Gasteiger partial charge in [0, 0.05) is 25.1 Å². The standard InChI is InChI=1S/C20H21FN2O4S2/c21-14-3-1-13(2-4-14)11-16(24)7-5-15-6-8-18(25)23(15)9-10-28-20-22-12-17(29-20)19(26)27/h1-5,7,12,15-16,24H,6,8-11H2,(H,26,27)/b7-5+/t15-,16+/m0/s1. The number of aliphatic hydroxyl groups is 1. The number of thiazole rings is 1. The van der Waals surface area contributed by atoms with Crippen LogP contribution in [0, 0.1) is 5.82 Å². The number of aromatic carboxylic acids is 1. The number of carboxylic acid groups (broad SMARTS) is 1. The molecule has 1 saturated heterocycles. The molecule has 2 aromatic rings. The molecule has 1 aliphatic heterocycles. The van der Waals surface area contributed by atoms with Crippen LogP contribution in [0.5, 0.6) is 0 Å². The number of carbonyl (C=O) groups excluding carboxylic acids is 1. The average Bonchev–Trinajstić information content (AvgIpc) is 3.30. The van der Waals surface area contributed by atoms with Gasteiger partial charge in [0.05, 0.1) is 18.3 Å². The minimum atomic E-state index is -0.992. The SMILES string of the molecule is O=C(O)c1cnc(SCCN2C(=O)CC[C@@H]2/C=C/[C@@H](O)Cc2ccc(F)cc2)s1. The fourth-order valence-electron chi connectivity index (χ4n) is 3.09. The highest BCUT2D eigenvalue weighted by molar-refractivity contribution is 8.01. The van der Waals surface area contributed by atoms with Crippen molar-refractivity contribution in [1.82, 2.24) is 9.88 Å². The molecule has 1 aromatic carbocycles. The number of aromatic nitrogens is 1. The second kappa shape index (κ2) is 10.00. The summed E-state index contributed by atoms with van der Waals surface area (Å²) in [6.45, 7) is 0.522. The summed E-state index contributed by atoms with van der Waals surface area (Å²) < 4.78 is 13.6. The van der Waals surface area contributed by atoms with E-state index in [4.69, 9.17) is 5.11 Å². The number of likely N-dealkylation sites (tertiary alicyclic amines) is 1. The molecule has 0 unspecified atom stereocenters. The van der Waals surface area contributed by atoms with Crippen molar-refractivity contribution >= 4 is 35.0 Å². The predicted molar refractivity (Wildman–Crippen MR) is 110 cm³/mol. The van der Waals surface area contributed by atoms with Crippen LogP contribution in [0.2, 0.25) is 0 Å². The molecule has 9 heteroatoms. The third kappa shape index (κ3) is 6.12. The van der Waals surface area contributed by atoms with Gasteiger partial charge in [-0.3, -0.25) is 4.79 Å². The number of thioether (sulfide) groups is 1. The van der Waals surface area contributed by atoms with Crippen LogP contribution in [0.4, 0.5) is 4.39 Å². The first kappa shape index (κ1) is 21.5. The topological polar surface area (TPSA) is 90.7 Å². The fraction of sp³-hybridized carbons (Fsp3) is 0.350. The van der Waals surface area contributed by atoms with Crippen LogP contribution >= 0.6 is 23.1 Å². The van der Waals surface area contributed by atoms with Gasteiger partial charge in [0.1, 0.15) is 10.7 Å². The van der Waals surface area contributed by atoms with E-state index in [1.165, 1.54) is 30.1 Å². The molecule has 0 aliphatic carbocycles. The van der Waals surface area contributed by atoms with Crippen molar-refractivity contribution in [1.29, 1.82) is 0 Å². The lowest BCUT2D eigenvalue weighted by atomic mass is 10.1. The Morgan fingerprint density at radius 1 is 1.41 bits per heavy atom. The Kier molecular flexibility index (Phi) is 7.40. The highest BCUT2D eigenvalue weighted by atomic mass is 32.2. The normalized spacial score (nSPS) is 17.9. The summed E-state index contributed by atoms with van der Waals surface area (Å²) >= 11 is 2.54. The zero-order valence-electron chi connectivity index (χ0n) is 15.5. The van der Waals surface area contributed by atoms with E-state index in [1.54, 1.807) is 23.1 Å². The van der Waals surface area contributed by atoms with Crippen LogP contribution in [0.15, 0.2) is 47.0 Å². The summed E-state index contributed by atoms with van der Waals surface area (Å²) in [6, 6.07) is 5.94. The van der Waals surface area contributed by atoms with Crippen LogP contribution in [-0.4, -0.2) is 56.4 Å². The second-order valence-corrected chi connectivity index (χ2v) is 8.99. The van der Waals surface area contributed by atoms with Crippen LogP contribution in [0.1, 0.15) is 28.1 Å². The molecule has 0 bridgehead atoms. The quantitative estimate of drug-likeness (QED) is 0.463. The number of hydrogen-bond acceptors (Lipinski definition) is 6. The van der Waals surface area contributed by atoms with Gasteiger partial charge >= 0.3 is 5.97 Å². The zero-order valence-corrected chi connectivity index (χ0v) is 17.2. The number of rotatable bonds is 9. The Hall–Kier alpha value is -2.23. The van der Waals surface area contributed by atoms with Gasteiger partial charge < -0.3 is 15.1 Å². The first-order valence-corrected chi connectivity index (χ1v) is 10.9. The number of benzene rings is 1. The van der Waals surface area contributed by atoms with Gasteiger partial charge in [-0.15, -0.1) is 11.3 Å². The molecule has 2 heterocycles. The molecule has 0 saturated carbocycles. The number of amides is 1. The van der Waals surface area contributed by atoms with E-state index in [0.29, 0.717) is 35.9 Å². The summed E-state index contributed by atoms with van der Waals surface area (Å²) in [5.74, 6) is -0.623. The molecular weight excluding hydrogens is 415 g/mol. The predicted octanol–water partition coefficient (Wildman–Crippen LogP) is 3.22. The van der Waals surface area contributed by atoms with Crippen LogP contribution in [-0.2, 0) is 11.2 Å². The number of hydrogen-bond donors (Lipinski definition) is 2. The lowest BCUT2D eigenvalue weighted by molar-refractivity contribution is -0.128. The number of aliphatic hydroxyl groups excluding tert-OH is 1. The van der Waals surface area contributed by atoms with Gasteiger partial charge in [-0.2, -0.15) is 0 Å². The van der Waals surface area contributed by atoms with Crippen molar-refractivity contribution in [3.05, 3.63) is 58.9 Å². The first-order chi connectivity index (χ1) is 13.9. The molecule has 0 radical (unpaired) electrons. The Bertz CT molecular complexity index is 885. The summed E-state index contributed by atoms with van der Waals surface area (Å²) in [4.78, 5) is 29.1. The van der Waals surface area contributed by atoms with Crippen LogP contribution < -0.4 is 0 Å². The van der Waals surface area contributed by atoms with Crippen molar-refractivity contribution < 1.29 is 24.2 Å². The largest absolute Gasteiger partial charge is 0.477 e. The van der Waals surface area contributed by atoms with Gasteiger partial charge in [0.15, 0.2) is 4.34 Å². The highest BCUT2D eigenvalue weighted by Gasteiger charge is 2.28. The molecule has 6 nitrogen and oxygen atoms in total. The molecule has 1 fully saturated rings. The van der Waals surface area contributed by atoms with Gasteiger partial charge in [0.25, 0.3) is 0 Å². The van der Waals surface area contributed by atoms with Crippen molar-refractivity contribution in [2.24, 2.45) is 0 Å². The van der Waals surface area contributed by atoms with Crippen molar-refractivity contribution in [3.8, 4) is 0 Å². The van der Waals surface area contributed by atoms with Gasteiger partial charge in [-0.1, -0.05) is 36.0 Å². The van der Waals surface area contributed by atoms with E-state index >= 15 is 0 Å². The number of halogens is 1. The number of nitrogens with zero attached hydrogens (tertiary/aromatic N) is 2. The zero-order chi connectivity index (χ0) is 20.8. The summed E-state index contributed by atoms with van der Waals surface area (Å²) in [7, 11) is 0. The molecular formula is C20H21FN2O4S2. The second-order valence-electron chi connectivity index (χ2n) is 6.62. The molecule has 29 heavy (non-hydrogen) atoms. The molecule has 3 rings (SSSR count). The van der Waals surface area contributed by atoms with Crippen LogP contribution in [0.3, 0.4) is 0 Å². The maximum Gasteiger partial charge on any atom is 0.347 e. The third-order valence-corrected chi connectivity index (χ3v) is 6.66. The summed E-state index contributed by atoms with van der Waals surface area (Å²) in [5.41, 5.74) is 0.837. The molecule has 1 amide bonds. The smallest absolute Gasteiger partial charge is 0.347 e. The fourth-order valence-corrected chi connectivity index (χ4v) is 4.92.